The Balaban J connectivity index is 2.20. The second-order valence-electron chi connectivity index (χ2n) is 5.25. The summed E-state index contributed by atoms with van der Waals surface area (Å²) in [5.41, 5.74) is 3.75. The monoisotopic (exact) mass is 327 g/mol. The molecule has 0 fully saturated rings. The van der Waals surface area contributed by atoms with Gasteiger partial charge in [0.1, 0.15) is 0 Å². The van der Waals surface area contributed by atoms with Crippen LogP contribution in [0.15, 0.2) is 42.5 Å². The van der Waals surface area contributed by atoms with E-state index in [1.54, 1.807) is 28.9 Å². The molecule has 0 radical (unpaired) electrons. The van der Waals surface area contributed by atoms with Gasteiger partial charge < -0.3 is 5.11 Å². The third kappa shape index (κ3) is 2.96. The highest BCUT2D eigenvalue weighted by Crippen LogP contribution is 2.24. The van der Waals surface area contributed by atoms with Gasteiger partial charge >= 0.3 is 5.97 Å². The van der Waals surface area contributed by atoms with Crippen LogP contribution in [0.25, 0.3) is 17.1 Å². The molecule has 0 atom stereocenters. The molecule has 3 rings (SSSR count). The summed E-state index contributed by atoms with van der Waals surface area (Å²) in [5.74, 6) is -0.946. The van der Waals surface area contributed by atoms with Crippen molar-refractivity contribution in [2.75, 3.05) is 0 Å². The standard InChI is InChI=1S/C17H14ClN3O2/c1-10-3-8-14(9-11(10)2)21-16(19-15(20-21)17(22)23)12-4-6-13(18)7-5-12/h3-9H,1-2H3,(H,22,23). The molecule has 23 heavy (non-hydrogen) atoms. The molecule has 0 unspecified atom stereocenters. The van der Waals surface area contributed by atoms with Crippen molar-refractivity contribution in [3.05, 3.63) is 64.4 Å². The van der Waals surface area contributed by atoms with Crippen LogP contribution in [0.1, 0.15) is 21.7 Å². The number of carbonyl (C=O) groups is 1. The van der Waals surface area contributed by atoms with Crippen molar-refractivity contribution in [3.63, 3.8) is 0 Å². The molecule has 0 saturated carbocycles. The molecule has 0 bridgehead atoms. The number of carboxylic acid groups (broad SMARTS) is 1. The van der Waals surface area contributed by atoms with E-state index in [2.05, 4.69) is 10.1 Å². The van der Waals surface area contributed by atoms with E-state index in [1.807, 2.05) is 32.0 Å². The Labute approximate surface area is 138 Å². The lowest BCUT2D eigenvalue weighted by Gasteiger charge is -2.08. The number of aryl methyl sites for hydroxylation is 2. The summed E-state index contributed by atoms with van der Waals surface area (Å²) < 4.78 is 1.54. The highest BCUT2D eigenvalue weighted by molar-refractivity contribution is 6.30. The maximum absolute atomic E-state index is 11.2. The summed E-state index contributed by atoms with van der Waals surface area (Å²) in [7, 11) is 0. The van der Waals surface area contributed by atoms with E-state index in [-0.39, 0.29) is 5.82 Å². The normalized spacial score (nSPS) is 10.7. The van der Waals surface area contributed by atoms with Crippen LogP contribution in [-0.2, 0) is 0 Å². The van der Waals surface area contributed by atoms with Gasteiger partial charge in [0.2, 0.25) is 0 Å². The Morgan fingerprint density at radius 1 is 1.09 bits per heavy atom. The Kier molecular flexibility index (Phi) is 3.88. The summed E-state index contributed by atoms with van der Waals surface area (Å²) in [6.07, 6.45) is 0. The van der Waals surface area contributed by atoms with Crippen LogP contribution >= 0.6 is 11.6 Å². The molecule has 1 heterocycles. The van der Waals surface area contributed by atoms with Crippen molar-refractivity contribution in [1.82, 2.24) is 14.8 Å². The minimum Gasteiger partial charge on any atom is -0.475 e. The molecule has 0 saturated heterocycles. The molecule has 116 valence electrons. The molecule has 6 heteroatoms. The van der Waals surface area contributed by atoms with Gasteiger partial charge in [-0.1, -0.05) is 17.7 Å². The van der Waals surface area contributed by atoms with Gasteiger partial charge in [-0.05, 0) is 61.4 Å². The summed E-state index contributed by atoms with van der Waals surface area (Å²) in [6, 6.07) is 12.9. The first-order valence-electron chi connectivity index (χ1n) is 6.99. The zero-order valence-corrected chi connectivity index (χ0v) is 13.4. The van der Waals surface area contributed by atoms with Crippen LogP contribution in [0.3, 0.4) is 0 Å². The lowest BCUT2D eigenvalue weighted by atomic mass is 10.1. The fourth-order valence-corrected chi connectivity index (χ4v) is 2.35. The topological polar surface area (TPSA) is 68.0 Å². The molecule has 3 aromatic rings. The van der Waals surface area contributed by atoms with E-state index in [0.29, 0.717) is 10.8 Å². The molecule has 0 aliphatic carbocycles. The van der Waals surface area contributed by atoms with Crippen LogP contribution in [0.5, 0.6) is 0 Å². The van der Waals surface area contributed by atoms with Gasteiger partial charge in [-0.2, -0.15) is 0 Å². The molecule has 0 amide bonds. The zero-order chi connectivity index (χ0) is 16.6. The van der Waals surface area contributed by atoms with E-state index in [4.69, 9.17) is 11.6 Å². The lowest BCUT2D eigenvalue weighted by Crippen LogP contribution is -2.03. The predicted molar refractivity (Wildman–Crippen MR) is 88.2 cm³/mol. The largest absolute Gasteiger partial charge is 0.475 e. The first-order chi connectivity index (χ1) is 11.0. The minimum absolute atomic E-state index is 0.242. The van der Waals surface area contributed by atoms with Gasteiger partial charge in [-0.3, -0.25) is 0 Å². The Hall–Kier alpha value is -2.66. The van der Waals surface area contributed by atoms with Crippen molar-refractivity contribution in [2.45, 2.75) is 13.8 Å². The summed E-state index contributed by atoms with van der Waals surface area (Å²) in [5, 5.41) is 13.9. The van der Waals surface area contributed by atoms with Crippen LogP contribution in [0.4, 0.5) is 0 Å². The van der Waals surface area contributed by atoms with Crippen molar-refractivity contribution < 1.29 is 9.90 Å². The van der Waals surface area contributed by atoms with Crippen LogP contribution < -0.4 is 0 Å². The highest BCUT2D eigenvalue weighted by Gasteiger charge is 2.18. The summed E-state index contributed by atoms with van der Waals surface area (Å²) >= 11 is 5.91. The first kappa shape index (κ1) is 15.2. The zero-order valence-electron chi connectivity index (χ0n) is 12.6. The van der Waals surface area contributed by atoms with Gasteiger partial charge in [-0.15, -0.1) is 5.10 Å². The predicted octanol–water partition coefficient (Wildman–Crippen LogP) is 3.90. The average molecular weight is 328 g/mol. The quantitative estimate of drug-likeness (QED) is 0.792. The fraction of sp³-hybridized carbons (Fsp3) is 0.118. The van der Waals surface area contributed by atoms with E-state index >= 15 is 0 Å². The second-order valence-corrected chi connectivity index (χ2v) is 5.69. The molecular weight excluding hydrogens is 314 g/mol. The average Bonchev–Trinajstić information content (AvgIpc) is 2.96. The number of rotatable bonds is 3. The number of aromatic nitrogens is 3. The number of benzene rings is 2. The Morgan fingerprint density at radius 2 is 1.78 bits per heavy atom. The van der Waals surface area contributed by atoms with E-state index in [9.17, 15) is 9.90 Å². The van der Waals surface area contributed by atoms with Gasteiger partial charge in [0.15, 0.2) is 5.82 Å². The highest BCUT2D eigenvalue weighted by atomic mass is 35.5. The maximum Gasteiger partial charge on any atom is 0.375 e. The molecular formula is C17H14ClN3O2. The van der Waals surface area contributed by atoms with E-state index < -0.39 is 5.97 Å². The van der Waals surface area contributed by atoms with Crippen molar-refractivity contribution in [1.29, 1.82) is 0 Å². The van der Waals surface area contributed by atoms with E-state index in [1.165, 1.54) is 0 Å². The first-order valence-corrected chi connectivity index (χ1v) is 7.37. The Morgan fingerprint density at radius 3 is 2.39 bits per heavy atom. The van der Waals surface area contributed by atoms with Crippen LogP contribution in [-0.4, -0.2) is 25.8 Å². The number of halogens is 1. The van der Waals surface area contributed by atoms with Crippen molar-refractivity contribution >= 4 is 17.6 Å². The van der Waals surface area contributed by atoms with Gasteiger partial charge in [-0.25, -0.2) is 14.5 Å². The summed E-state index contributed by atoms with van der Waals surface area (Å²) in [6.45, 7) is 4.01. The van der Waals surface area contributed by atoms with Gasteiger partial charge in [0, 0.05) is 10.6 Å². The van der Waals surface area contributed by atoms with Gasteiger partial charge in [0.25, 0.3) is 5.82 Å². The second kappa shape index (κ2) is 5.85. The number of aromatic carboxylic acids is 1. The SMILES string of the molecule is Cc1ccc(-n2nc(C(=O)O)nc2-c2ccc(Cl)cc2)cc1C. The molecule has 5 nitrogen and oxygen atoms in total. The molecule has 0 aliphatic rings. The van der Waals surface area contributed by atoms with Crippen LogP contribution in [0, 0.1) is 13.8 Å². The van der Waals surface area contributed by atoms with E-state index in [0.717, 1.165) is 22.4 Å². The number of nitrogens with zero attached hydrogens (tertiary/aromatic N) is 3. The molecule has 1 N–H and O–H groups in total. The van der Waals surface area contributed by atoms with Crippen molar-refractivity contribution in [2.24, 2.45) is 0 Å². The molecule has 2 aromatic carbocycles. The lowest BCUT2D eigenvalue weighted by molar-refractivity contribution is 0.0683. The van der Waals surface area contributed by atoms with Crippen molar-refractivity contribution in [3.8, 4) is 17.1 Å². The van der Waals surface area contributed by atoms with Gasteiger partial charge in [0.05, 0.1) is 5.69 Å². The third-order valence-electron chi connectivity index (χ3n) is 3.64. The molecule has 0 aliphatic heterocycles. The number of carboxylic acids is 1. The summed E-state index contributed by atoms with van der Waals surface area (Å²) in [4.78, 5) is 15.4. The maximum atomic E-state index is 11.2. The number of hydrogen-bond donors (Lipinski definition) is 1. The molecule has 0 spiro atoms. The minimum atomic E-state index is -1.16. The number of hydrogen-bond acceptors (Lipinski definition) is 3. The smallest absolute Gasteiger partial charge is 0.375 e. The van der Waals surface area contributed by atoms with Crippen LogP contribution in [0.2, 0.25) is 5.02 Å². The Bertz CT molecular complexity index is 885. The fourth-order valence-electron chi connectivity index (χ4n) is 2.23. The third-order valence-corrected chi connectivity index (χ3v) is 3.89. The molecule has 1 aromatic heterocycles.